The fourth-order valence-electron chi connectivity index (χ4n) is 3.67. The molecule has 2 aliphatic rings. The monoisotopic (exact) mass is 334 g/mol. The van der Waals surface area contributed by atoms with Crippen molar-refractivity contribution in [3.63, 3.8) is 0 Å². The Morgan fingerprint density at radius 3 is 2.84 bits per heavy atom. The first-order chi connectivity index (χ1) is 12.3. The van der Waals surface area contributed by atoms with Crippen molar-refractivity contribution < 1.29 is 14.3 Å². The van der Waals surface area contributed by atoms with Gasteiger partial charge in [-0.15, -0.1) is 0 Å². The summed E-state index contributed by atoms with van der Waals surface area (Å²) in [5.74, 6) is 0. The van der Waals surface area contributed by atoms with E-state index in [2.05, 4.69) is 6.07 Å². The number of hydrogen-bond donors (Lipinski definition) is 0. The van der Waals surface area contributed by atoms with E-state index >= 15 is 0 Å². The molecule has 2 aromatic rings. The molecule has 2 aromatic carbocycles. The van der Waals surface area contributed by atoms with Crippen LogP contribution in [0.15, 0.2) is 48.5 Å². The standard InChI is InChI=1S/C20H18N2O3/c21-12-15-7-4-8-16-17(15)11-18-19(16)22(20(23)25-18)9-10-24-13-14-5-2-1-3-6-14/h1-8,18-19H,9-11,13H2. The summed E-state index contributed by atoms with van der Waals surface area (Å²) >= 11 is 0. The molecular weight excluding hydrogens is 316 g/mol. The zero-order valence-corrected chi connectivity index (χ0v) is 13.7. The molecule has 1 amide bonds. The maximum atomic E-state index is 12.2. The molecule has 5 heteroatoms. The van der Waals surface area contributed by atoms with Crippen LogP contribution in [0.1, 0.15) is 28.3 Å². The second-order valence-electron chi connectivity index (χ2n) is 6.29. The van der Waals surface area contributed by atoms with Gasteiger partial charge in [0.15, 0.2) is 0 Å². The minimum absolute atomic E-state index is 0.115. The van der Waals surface area contributed by atoms with Crippen LogP contribution in [0, 0.1) is 11.3 Å². The van der Waals surface area contributed by atoms with E-state index in [0.29, 0.717) is 31.7 Å². The van der Waals surface area contributed by atoms with Crippen molar-refractivity contribution in [3.05, 3.63) is 70.8 Å². The van der Waals surface area contributed by atoms with E-state index in [4.69, 9.17) is 9.47 Å². The molecule has 0 saturated carbocycles. The largest absolute Gasteiger partial charge is 0.443 e. The Kier molecular flexibility index (Phi) is 4.12. The van der Waals surface area contributed by atoms with E-state index in [-0.39, 0.29) is 18.2 Å². The topological polar surface area (TPSA) is 62.6 Å². The number of benzene rings is 2. The number of rotatable bonds is 5. The summed E-state index contributed by atoms with van der Waals surface area (Å²) in [7, 11) is 0. The highest BCUT2D eigenvalue weighted by molar-refractivity contribution is 5.72. The molecule has 1 fully saturated rings. The average Bonchev–Trinajstić information content (AvgIpc) is 3.14. The molecule has 25 heavy (non-hydrogen) atoms. The van der Waals surface area contributed by atoms with Gasteiger partial charge in [0, 0.05) is 13.0 Å². The minimum Gasteiger partial charge on any atom is -0.443 e. The first-order valence-electron chi connectivity index (χ1n) is 8.39. The van der Waals surface area contributed by atoms with Crippen LogP contribution < -0.4 is 0 Å². The molecule has 2 unspecified atom stereocenters. The summed E-state index contributed by atoms with van der Waals surface area (Å²) in [6.07, 6.45) is 0.106. The summed E-state index contributed by atoms with van der Waals surface area (Å²) in [6.45, 7) is 1.44. The third kappa shape index (κ3) is 2.86. The number of fused-ring (bicyclic) bond motifs is 3. The van der Waals surface area contributed by atoms with Gasteiger partial charge in [0.1, 0.15) is 6.10 Å². The fraction of sp³-hybridized carbons (Fsp3) is 0.300. The maximum Gasteiger partial charge on any atom is 0.410 e. The van der Waals surface area contributed by atoms with Crippen LogP contribution in [0.25, 0.3) is 0 Å². The number of nitrogens with zero attached hydrogens (tertiary/aromatic N) is 2. The Balaban J connectivity index is 1.43. The van der Waals surface area contributed by atoms with E-state index in [1.165, 1.54) is 0 Å². The summed E-state index contributed by atoms with van der Waals surface area (Å²) in [4.78, 5) is 13.9. The average molecular weight is 334 g/mol. The van der Waals surface area contributed by atoms with Crippen LogP contribution in [-0.4, -0.2) is 30.2 Å². The molecule has 1 aliphatic heterocycles. The van der Waals surface area contributed by atoms with Crippen molar-refractivity contribution >= 4 is 6.09 Å². The molecule has 0 radical (unpaired) electrons. The van der Waals surface area contributed by atoms with Crippen LogP contribution in [-0.2, 0) is 22.5 Å². The number of hydrogen-bond acceptors (Lipinski definition) is 4. The van der Waals surface area contributed by atoms with Crippen molar-refractivity contribution in [2.24, 2.45) is 0 Å². The Bertz CT molecular complexity index is 829. The van der Waals surface area contributed by atoms with Gasteiger partial charge in [-0.3, -0.25) is 4.90 Å². The molecule has 1 aliphatic carbocycles. The minimum atomic E-state index is -0.300. The van der Waals surface area contributed by atoms with Crippen LogP contribution in [0.5, 0.6) is 0 Å². The predicted molar refractivity (Wildman–Crippen MR) is 90.7 cm³/mol. The fourth-order valence-corrected chi connectivity index (χ4v) is 3.67. The van der Waals surface area contributed by atoms with Gasteiger partial charge in [-0.25, -0.2) is 4.79 Å². The first kappa shape index (κ1) is 15.7. The SMILES string of the molecule is N#Cc1cccc2c1CC1OC(=O)N(CCOCc3ccccc3)C21. The Labute approximate surface area is 146 Å². The van der Waals surface area contributed by atoms with Gasteiger partial charge < -0.3 is 9.47 Å². The molecule has 0 bridgehead atoms. The molecule has 0 aromatic heterocycles. The van der Waals surface area contributed by atoms with Gasteiger partial charge in [-0.05, 0) is 22.8 Å². The van der Waals surface area contributed by atoms with E-state index in [9.17, 15) is 10.1 Å². The number of ether oxygens (including phenoxy) is 2. The molecular formula is C20H18N2O3. The lowest BCUT2D eigenvalue weighted by Gasteiger charge is -2.21. The molecule has 4 rings (SSSR count). The van der Waals surface area contributed by atoms with E-state index in [1.807, 2.05) is 48.5 Å². The summed E-state index contributed by atoms with van der Waals surface area (Å²) in [5, 5.41) is 9.27. The lowest BCUT2D eigenvalue weighted by atomic mass is 10.0. The van der Waals surface area contributed by atoms with Crippen LogP contribution in [0.2, 0.25) is 0 Å². The van der Waals surface area contributed by atoms with Crippen LogP contribution in [0.3, 0.4) is 0 Å². The Hall–Kier alpha value is -2.84. The molecule has 126 valence electrons. The van der Waals surface area contributed by atoms with Crippen molar-refractivity contribution in [1.82, 2.24) is 4.90 Å². The molecule has 0 spiro atoms. The summed E-state index contributed by atoms with van der Waals surface area (Å²) < 4.78 is 11.2. The molecule has 2 atom stereocenters. The first-order valence-corrected chi connectivity index (χ1v) is 8.39. The second kappa shape index (κ2) is 6.58. The van der Waals surface area contributed by atoms with Crippen molar-refractivity contribution in [3.8, 4) is 6.07 Å². The molecule has 1 saturated heterocycles. The molecule has 5 nitrogen and oxygen atoms in total. The number of amides is 1. The molecule has 1 heterocycles. The van der Waals surface area contributed by atoms with Gasteiger partial charge >= 0.3 is 6.09 Å². The van der Waals surface area contributed by atoms with Crippen molar-refractivity contribution in [2.75, 3.05) is 13.2 Å². The van der Waals surface area contributed by atoms with E-state index in [1.54, 1.807) is 4.90 Å². The number of carbonyl (C=O) groups excluding carboxylic acids is 1. The lowest BCUT2D eigenvalue weighted by molar-refractivity contribution is 0.0933. The van der Waals surface area contributed by atoms with E-state index in [0.717, 1.165) is 16.7 Å². The summed E-state index contributed by atoms with van der Waals surface area (Å²) in [5.41, 5.74) is 3.80. The summed E-state index contributed by atoms with van der Waals surface area (Å²) in [6, 6.07) is 17.7. The van der Waals surface area contributed by atoms with Gasteiger partial charge in [0.25, 0.3) is 0 Å². The number of carbonyl (C=O) groups is 1. The molecule has 0 N–H and O–H groups in total. The highest BCUT2D eigenvalue weighted by Crippen LogP contribution is 2.43. The quantitative estimate of drug-likeness (QED) is 0.788. The van der Waals surface area contributed by atoms with Gasteiger partial charge in [-0.2, -0.15) is 5.26 Å². The lowest BCUT2D eigenvalue weighted by Crippen LogP contribution is -2.31. The normalized spacial score (nSPS) is 20.8. The number of nitriles is 1. The zero-order valence-electron chi connectivity index (χ0n) is 13.7. The maximum absolute atomic E-state index is 12.2. The third-order valence-electron chi connectivity index (χ3n) is 4.82. The van der Waals surface area contributed by atoms with Crippen LogP contribution in [0.4, 0.5) is 4.79 Å². The highest BCUT2D eigenvalue weighted by Gasteiger charge is 2.47. The van der Waals surface area contributed by atoms with Gasteiger partial charge in [0.2, 0.25) is 0 Å². The van der Waals surface area contributed by atoms with E-state index < -0.39 is 0 Å². The zero-order chi connectivity index (χ0) is 17.2. The Morgan fingerprint density at radius 2 is 2.04 bits per heavy atom. The van der Waals surface area contributed by atoms with Crippen molar-refractivity contribution in [1.29, 1.82) is 5.26 Å². The predicted octanol–water partition coefficient (Wildman–Crippen LogP) is 3.19. The smallest absolute Gasteiger partial charge is 0.410 e. The highest BCUT2D eigenvalue weighted by atomic mass is 16.6. The Morgan fingerprint density at radius 1 is 1.20 bits per heavy atom. The van der Waals surface area contributed by atoms with Gasteiger partial charge in [0.05, 0.1) is 30.9 Å². The van der Waals surface area contributed by atoms with Crippen LogP contribution >= 0.6 is 0 Å². The second-order valence-corrected chi connectivity index (χ2v) is 6.29. The van der Waals surface area contributed by atoms with Gasteiger partial charge in [-0.1, -0.05) is 42.5 Å². The third-order valence-corrected chi connectivity index (χ3v) is 4.82. The van der Waals surface area contributed by atoms with Crippen molar-refractivity contribution in [2.45, 2.75) is 25.2 Å².